The van der Waals surface area contributed by atoms with E-state index in [4.69, 9.17) is 5.73 Å². The molecule has 3 N–H and O–H groups in total. The van der Waals surface area contributed by atoms with E-state index in [-0.39, 0.29) is 41.7 Å². The molecule has 2 aromatic heterocycles. The lowest BCUT2D eigenvalue weighted by molar-refractivity contribution is -0.160. The maximum Gasteiger partial charge on any atom is 0.398 e. The summed E-state index contributed by atoms with van der Waals surface area (Å²) >= 11 is 3.22. The van der Waals surface area contributed by atoms with E-state index < -0.39 is 23.5 Å². The number of aromatic nitrogens is 5. The molecule has 0 saturated heterocycles. The van der Waals surface area contributed by atoms with Crippen molar-refractivity contribution in [1.29, 1.82) is 0 Å². The first-order valence-electron chi connectivity index (χ1n) is 9.29. The first-order valence-corrected chi connectivity index (χ1v) is 10.1. The standard InChI is InChI=1S/C19H17BrF3N7O/c1-10(14-28-16(24)29-30(14)17-25-5-2-6-26-17)27-15(31)11-7-12(9-13(20)8-11)18(3-4-18)19(21,22)23/h2,5-10H,3-4H2,1H3,(H2,24,29)(H,27,31). The molecule has 4 rings (SSSR count). The number of carbonyl (C=O) groups is 1. The second kappa shape index (κ2) is 7.59. The average Bonchev–Trinajstić information content (AvgIpc) is 3.45. The molecule has 3 aromatic rings. The van der Waals surface area contributed by atoms with Crippen molar-refractivity contribution in [1.82, 2.24) is 30.0 Å². The number of hydrogen-bond donors (Lipinski definition) is 2. The monoisotopic (exact) mass is 495 g/mol. The van der Waals surface area contributed by atoms with Crippen molar-refractivity contribution in [3.8, 4) is 5.95 Å². The van der Waals surface area contributed by atoms with E-state index in [0.29, 0.717) is 4.47 Å². The van der Waals surface area contributed by atoms with Gasteiger partial charge in [-0.3, -0.25) is 4.79 Å². The second-order valence-corrected chi connectivity index (χ2v) is 8.21. The predicted octanol–water partition coefficient (Wildman–Crippen LogP) is 3.49. The van der Waals surface area contributed by atoms with Gasteiger partial charge in [0.1, 0.15) is 0 Å². The Balaban J connectivity index is 1.60. The van der Waals surface area contributed by atoms with Gasteiger partial charge in [-0.2, -0.15) is 22.8 Å². The molecule has 162 valence electrons. The molecule has 0 spiro atoms. The van der Waals surface area contributed by atoms with Crippen LogP contribution in [0.2, 0.25) is 0 Å². The van der Waals surface area contributed by atoms with Gasteiger partial charge in [0.15, 0.2) is 5.82 Å². The summed E-state index contributed by atoms with van der Waals surface area (Å²) < 4.78 is 42.3. The third-order valence-electron chi connectivity index (χ3n) is 5.13. The highest BCUT2D eigenvalue weighted by Gasteiger charge is 2.64. The third-order valence-corrected chi connectivity index (χ3v) is 5.59. The maximum atomic E-state index is 13.5. The number of amides is 1. The van der Waals surface area contributed by atoms with Crippen LogP contribution in [0.3, 0.4) is 0 Å². The van der Waals surface area contributed by atoms with Crippen molar-refractivity contribution >= 4 is 27.8 Å². The fourth-order valence-electron chi connectivity index (χ4n) is 3.37. The SMILES string of the molecule is CC(NC(=O)c1cc(Br)cc(C2(C(F)(F)F)CC2)c1)c1nc(N)nn1-c1ncccn1. The lowest BCUT2D eigenvalue weighted by Gasteiger charge is -2.21. The molecule has 1 atom stereocenters. The Labute approximate surface area is 183 Å². The van der Waals surface area contributed by atoms with Gasteiger partial charge in [0.05, 0.1) is 11.5 Å². The van der Waals surface area contributed by atoms with Crippen LogP contribution in [0.15, 0.2) is 41.1 Å². The molecule has 8 nitrogen and oxygen atoms in total. The summed E-state index contributed by atoms with van der Waals surface area (Å²) in [6.45, 7) is 1.65. The molecule has 31 heavy (non-hydrogen) atoms. The van der Waals surface area contributed by atoms with Crippen molar-refractivity contribution in [2.75, 3.05) is 5.73 Å². The summed E-state index contributed by atoms with van der Waals surface area (Å²) in [5, 5.41) is 6.78. The summed E-state index contributed by atoms with van der Waals surface area (Å²) in [5.41, 5.74) is 3.98. The number of hydrogen-bond acceptors (Lipinski definition) is 6. The van der Waals surface area contributed by atoms with Crippen molar-refractivity contribution in [3.05, 3.63) is 58.1 Å². The first-order chi connectivity index (χ1) is 14.6. The Bertz CT molecular complexity index is 1130. The third kappa shape index (κ3) is 3.99. The molecule has 1 saturated carbocycles. The Hall–Kier alpha value is -3.02. The van der Waals surface area contributed by atoms with Crippen LogP contribution in [0, 0.1) is 0 Å². The second-order valence-electron chi connectivity index (χ2n) is 7.29. The zero-order chi connectivity index (χ0) is 22.4. The van der Waals surface area contributed by atoms with E-state index >= 15 is 0 Å². The topological polar surface area (TPSA) is 112 Å². The lowest BCUT2D eigenvalue weighted by atomic mass is 9.93. The van der Waals surface area contributed by atoms with Gasteiger partial charge in [-0.1, -0.05) is 15.9 Å². The summed E-state index contributed by atoms with van der Waals surface area (Å²) in [4.78, 5) is 25.2. The van der Waals surface area contributed by atoms with E-state index in [9.17, 15) is 18.0 Å². The minimum Gasteiger partial charge on any atom is -0.366 e. The van der Waals surface area contributed by atoms with Crippen LogP contribution < -0.4 is 11.1 Å². The molecule has 1 aliphatic rings. The van der Waals surface area contributed by atoms with Gasteiger partial charge in [0, 0.05) is 22.4 Å². The highest BCUT2D eigenvalue weighted by atomic mass is 79.9. The number of nitrogen functional groups attached to an aromatic ring is 1. The smallest absolute Gasteiger partial charge is 0.366 e. The zero-order valence-electron chi connectivity index (χ0n) is 16.2. The van der Waals surface area contributed by atoms with Crippen LogP contribution in [-0.2, 0) is 5.41 Å². The molecular formula is C19H17BrF3N7O. The molecule has 0 bridgehead atoms. The minimum absolute atomic E-state index is 0.00384. The highest BCUT2D eigenvalue weighted by molar-refractivity contribution is 9.10. The highest BCUT2D eigenvalue weighted by Crippen LogP contribution is 2.59. The summed E-state index contributed by atoms with van der Waals surface area (Å²) in [7, 11) is 0. The van der Waals surface area contributed by atoms with Gasteiger partial charge in [0.25, 0.3) is 11.9 Å². The van der Waals surface area contributed by atoms with Crippen LogP contribution in [0.5, 0.6) is 0 Å². The summed E-state index contributed by atoms with van der Waals surface area (Å²) in [5.74, 6) is -0.0982. The molecule has 1 amide bonds. The van der Waals surface area contributed by atoms with Gasteiger partial charge < -0.3 is 11.1 Å². The fraction of sp³-hybridized carbons (Fsp3) is 0.316. The van der Waals surface area contributed by atoms with Gasteiger partial charge >= 0.3 is 6.18 Å². The van der Waals surface area contributed by atoms with E-state index in [2.05, 4.69) is 41.3 Å². The Morgan fingerprint density at radius 2 is 1.94 bits per heavy atom. The number of nitrogens with two attached hydrogens (primary N) is 1. The zero-order valence-corrected chi connectivity index (χ0v) is 17.8. The van der Waals surface area contributed by atoms with Gasteiger partial charge in [-0.25, -0.2) is 9.97 Å². The Kier molecular flexibility index (Phi) is 5.20. The molecule has 1 aromatic carbocycles. The van der Waals surface area contributed by atoms with Crippen LogP contribution in [0.25, 0.3) is 5.95 Å². The lowest BCUT2D eigenvalue weighted by Crippen LogP contribution is -2.31. The fourth-order valence-corrected chi connectivity index (χ4v) is 3.86. The van der Waals surface area contributed by atoms with Crippen LogP contribution in [0.4, 0.5) is 19.1 Å². The van der Waals surface area contributed by atoms with Crippen LogP contribution >= 0.6 is 15.9 Å². The van der Waals surface area contributed by atoms with Crippen LogP contribution in [0.1, 0.15) is 47.6 Å². The number of rotatable bonds is 5. The average molecular weight is 496 g/mol. The number of anilines is 1. The summed E-state index contributed by atoms with van der Waals surface area (Å²) in [6.07, 6.45) is -1.33. The van der Waals surface area contributed by atoms with Gasteiger partial charge in [-0.15, -0.1) is 5.10 Å². The van der Waals surface area contributed by atoms with Gasteiger partial charge in [0.2, 0.25) is 5.95 Å². The molecule has 0 aliphatic heterocycles. The van der Waals surface area contributed by atoms with E-state index in [1.54, 1.807) is 13.0 Å². The Morgan fingerprint density at radius 1 is 1.26 bits per heavy atom. The number of nitrogens with zero attached hydrogens (tertiary/aromatic N) is 5. The maximum absolute atomic E-state index is 13.5. The van der Waals surface area contributed by atoms with E-state index in [1.165, 1.54) is 35.3 Å². The molecule has 0 radical (unpaired) electrons. The summed E-state index contributed by atoms with van der Waals surface area (Å²) in [6, 6.07) is 5.11. The van der Waals surface area contributed by atoms with Crippen molar-refractivity contribution in [3.63, 3.8) is 0 Å². The molecule has 2 heterocycles. The van der Waals surface area contributed by atoms with Crippen molar-refractivity contribution in [2.24, 2.45) is 0 Å². The molecule has 1 aliphatic carbocycles. The molecule has 1 unspecified atom stereocenters. The number of benzene rings is 1. The number of alkyl halides is 3. The molecule has 1 fully saturated rings. The number of carbonyl (C=O) groups excluding carboxylic acids is 1. The number of halogens is 4. The minimum atomic E-state index is -4.38. The predicted molar refractivity (Wildman–Crippen MR) is 108 cm³/mol. The van der Waals surface area contributed by atoms with Crippen molar-refractivity contribution < 1.29 is 18.0 Å². The number of nitrogens with one attached hydrogen (secondary N) is 1. The van der Waals surface area contributed by atoms with Gasteiger partial charge in [-0.05, 0) is 49.6 Å². The first kappa shape index (κ1) is 21.2. The molecular weight excluding hydrogens is 479 g/mol. The molecule has 12 heteroatoms. The largest absolute Gasteiger partial charge is 0.398 e. The van der Waals surface area contributed by atoms with E-state index in [1.807, 2.05) is 0 Å². The van der Waals surface area contributed by atoms with Crippen LogP contribution in [-0.4, -0.2) is 36.8 Å². The quantitative estimate of drug-likeness (QED) is 0.560. The normalized spacial score (nSPS) is 16.0. The van der Waals surface area contributed by atoms with Crippen molar-refractivity contribution in [2.45, 2.75) is 37.4 Å². The van der Waals surface area contributed by atoms with E-state index in [0.717, 1.165) is 0 Å². The Morgan fingerprint density at radius 3 is 2.55 bits per heavy atom.